The summed E-state index contributed by atoms with van der Waals surface area (Å²) in [5, 5.41) is 0. The molecule has 2 N–H and O–H groups in total. The third kappa shape index (κ3) is 2.90. The second kappa shape index (κ2) is 4.59. The highest BCUT2D eigenvalue weighted by molar-refractivity contribution is 7.92. The zero-order chi connectivity index (χ0) is 11.5. The smallest absolute Gasteiger partial charge is 0.232 e. The van der Waals surface area contributed by atoms with Crippen LogP contribution in [0.15, 0.2) is 24.3 Å². The van der Waals surface area contributed by atoms with Crippen molar-refractivity contribution in [1.82, 2.24) is 0 Å². The summed E-state index contributed by atoms with van der Waals surface area (Å²) in [4.78, 5) is 0. The molecule has 0 unspecified atom stereocenters. The highest BCUT2D eigenvalue weighted by Gasteiger charge is 2.19. The largest absolute Gasteiger partial charge is 0.329 e. The Kier molecular flexibility index (Phi) is 3.65. The van der Waals surface area contributed by atoms with Gasteiger partial charge in [0.25, 0.3) is 0 Å². The zero-order valence-electron chi connectivity index (χ0n) is 8.35. The first-order valence-corrected chi connectivity index (χ1v) is 6.24. The molecule has 0 atom stereocenters. The fraction of sp³-hybridized carbons (Fsp3) is 0.333. The Bertz CT molecular complexity index is 433. The van der Waals surface area contributed by atoms with Crippen molar-refractivity contribution < 1.29 is 12.8 Å². The number of nitrogens with two attached hydrogens (primary N) is 1. The average Bonchev–Trinajstić information content (AvgIpc) is 2.14. The predicted molar refractivity (Wildman–Crippen MR) is 57.6 cm³/mol. The number of hydrogen-bond donors (Lipinski definition) is 1. The molecule has 0 saturated heterocycles. The molecule has 0 spiro atoms. The van der Waals surface area contributed by atoms with E-state index in [-0.39, 0.29) is 18.8 Å². The van der Waals surface area contributed by atoms with Gasteiger partial charge in [0.2, 0.25) is 10.0 Å². The van der Waals surface area contributed by atoms with Crippen LogP contribution in [0, 0.1) is 5.82 Å². The molecule has 0 aliphatic heterocycles. The number of rotatable bonds is 4. The fourth-order valence-electron chi connectivity index (χ4n) is 1.24. The van der Waals surface area contributed by atoms with Gasteiger partial charge in [-0.2, -0.15) is 0 Å². The standard InChI is InChI=1S/C9H13FN2O2S/c1-15(13,14)12(7-6-11)9-5-3-2-4-8(9)10/h2-5H,6-7,11H2,1H3. The molecule has 0 saturated carbocycles. The molecule has 1 rings (SSSR count). The van der Waals surface area contributed by atoms with Gasteiger partial charge < -0.3 is 5.73 Å². The maximum Gasteiger partial charge on any atom is 0.232 e. The first-order chi connectivity index (χ1) is 6.96. The highest BCUT2D eigenvalue weighted by atomic mass is 32.2. The zero-order valence-corrected chi connectivity index (χ0v) is 9.17. The van der Waals surface area contributed by atoms with E-state index in [1.165, 1.54) is 18.2 Å². The van der Waals surface area contributed by atoms with Crippen molar-refractivity contribution in [2.45, 2.75) is 0 Å². The summed E-state index contributed by atoms with van der Waals surface area (Å²) < 4.78 is 37.1. The van der Waals surface area contributed by atoms with Crippen molar-refractivity contribution in [3.63, 3.8) is 0 Å². The molecule has 0 bridgehead atoms. The van der Waals surface area contributed by atoms with Crippen molar-refractivity contribution in [3.05, 3.63) is 30.1 Å². The van der Waals surface area contributed by atoms with E-state index < -0.39 is 15.8 Å². The Hall–Kier alpha value is -1.14. The molecule has 6 heteroatoms. The quantitative estimate of drug-likeness (QED) is 0.824. The van der Waals surface area contributed by atoms with Crippen molar-refractivity contribution in [3.8, 4) is 0 Å². The normalized spacial score (nSPS) is 11.4. The third-order valence-electron chi connectivity index (χ3n) is 1.85. The summed E-state index contributed by atoms with van der Waals surface area (Å²) in [5.41, 5.74) is 5.32. The molecule has 0 heterocycles. The monoisotopic (exact) mass is 232 g/mol. The van der Waals surface area contributed by atoms with Crippen LogP contribution >= 0.6 is 0 Å². The van der Waals surface area contributed by atoms with E-state index in [1.54, 1.807) is 6.07 Å². The fourth-order valence-corrected chi connectivity index (χ4v) is 2.18. The molecule has 1 aromatic rings. The first-order valence-electron chi connectivity index (χ1n) is 4.39. The van der Waals surface area contributed by atoms with Crippen LogP contribution in [0.5, 0.6) is 0 Å². The van der Waals surface area contributed by atoms with Crippen LogP contribution in [0.3, 0.4) is 0 Å². The van der Waals surface area contributed by atoms with Crippen LogP contribution < -0.4 is 10.0 Å². The Morgan fingerprint density at radius 1 is 1.40 bits per heavy atom. The van der Waals surface area contributed by atoms with Gasteiger partial charge in [-0.3, -0.25) is 4.31 Å². The Morgan fingerprint density at radius 3 is 2.47 bits per heavy atom. The maximum atomic E-state index is 13.3. The van der Waals surface area contributed by atoms with Crippen LogP contribution in [0.4, 0.5) is 10.1 Å². The molecule has 1 aromatic carbocycles. The van der Waals surface area contributed by atoms with Crippen molar-refractivity contribution in [2.75, 3.05) is 23.7 Å². The van der Waals surface area contributed by atoms with E-state index in [0.29, 0.717) is 0 Å². The maximum absolute atomic E-state index is 13.3. The lowest BCUT2D eigenvalue weighted by Gasteiger charge is -2.21. The molecule has 84 valence electrons. The summed E-state index contributed by atoms with van der Waals surface area (Å²) in [6, 6.07) is 5.70. The van der Waals surface area contributed by atoms with Gasteiger partial charge in [0.05, 0.1) is 11.9 Å². The second-order valence-corrected chi connectivity index (χ2v) is 4.98. The van der Waals surface area contributed by atoms with Crippen LogP contribution in [0.25, 0.3) is 0 Å². The number of halogens is 1. The Labute approximate surface area is 88.6 Å². The van der Waals surface area contributed by atoms with Gasteiger partial charge in [-0.15, -0.1) is 0 Å². The molecule has 15 heavy (non-hydrogen) atoms. The minimum absolute atomic E-state index is 0.0328. The van der Waals surface area contributed by atoms with E-state index in [2.05, 4.69) is 0 Å². The summed E-state index contributed by atoms with van der Waals surface area (Å²) in [6.45, 7) is 0.209. The SMILES string of the molecule is CS(=O)(=O)N(CCN)c1ccccc1F. The van der Waals surface area contributed by atoms with Gasteiger partial charge in [0.1, 0.15) is 5.82 Å². The molecule has 4 nitrogen and oxygen atoms in total. The van der Waals surface area contributed by atoms with E-state index in [4.69, 9.17) is 5.73 Å². The Morgan fingerprint density at radius 2 is 2.00 bits per heavy atom. The van der Waals surface area contributed by atoms with E-state index >= 15 is 0 Å². The predicted octanol–water partition coefficient (Wildman–Crippen LogP) is 0.550. The number of sulfonamides is 1. The summed E-state index contributed by atoms with van der Waals surface area (Å²) in [6.07, 6.45) is 1.02. The Balaban J connectivity index is 3.16. The topological polar surface area (TPSA) is 63.4 Å². The number of nitrogens with zero attached hydrogens (tertiary/aromatic N) is 1. The minimum Gasteiger partial charge on any atom is -0.329 e. The van der Waals surface area contributed by atoms with E-state index in [1.807, 2.05) is 0 Å². The number of hydrogen-bond acceptors (Lipinski definition) is 3. The minimum atomic E-state index is -3.49. The van der Waals surface area contributed by atoms with Crippen molar-refractivity contribution in [2.24, 2.45) is 5.73 Å². The summed E-state index contributed by atoms with van der Waals surface area (Å²) in [5.74, 6) is -0.573. The van der Waals surface area contributed by atoms with Gasteiger partial charge in [0.15, 0.2) is 0 Å². The first kappa shape index (κ1) is 11.9. The molecular weight excluding hydrogens is 219 g/mol. The molecule has 0 fully saturated rings. The van der Waals surface area contributed by atoms with Crippen LogP contribution in [0.2, 0.25) is 0 Å². The lowest BCUT2D eigenvalue weighted by atomic mass is 10.3. The van der Waals surface area contributed by atoms with E-state index in [0.717, 1.165) is 10.6 Å². The van der Waals surface area contributed by atoms with Crippen LogP contribution in [-0.2, 0) is 10.0 Å². The molecule has 0 aromatic heterocycles. The van der Waals surface area contributed by atoms with Gasteiger partial charge in [-0.05, 0) is 12.1 Å². The van der Waals surface area contributed by atoms with Crippen LogP contribution in [-0.4, -0.2) is 27.8 Å². The number of benzene rings is 1. The molecule has 0 amide bonds. The lowest BCUT2D eigenvalue weighted by molar-refractivity contribution is 0.590. The lowest BCUT2D eigenvalue weighted by Crippen LogP contribution is -2.35. The van der Waals surface area contributed by atoms with Crippen molar-refractivity contribution >= 4 is 15.7 Å². The average molecular weight is 232 g/mol. The molecule has 0 aliphatic carbocycles. The van der Waals surface area contributed by atoms with Gasteiger partial charge in [0, 0.05) is 13.1 Å². The van der Waals surface area contributed by atoms with E-state index in [9.17, 15) is 12.8 Å². The van der Waals surface area contributed by atoms with Gasteiger partial charge >= 0.3 is 0 Å². The number of para-hydroxylation sites is 1. The second-order valence-electron chi connectivity index (χ2n) is 3.08. The summed E-state index contributed by atoms with van der Waals surface area (Å²) >= 11 is 0. The van der Waals surface area contributed by atoms with Gasteiger partial charge in [-0.25, -0.2) is 12.8 Å². The third-order valence-corrected chi connectivity index (χ3v) is 3.03. The molecular formula is C9H13FN2O2S. The number of anilines is 1. The van der Waals surface area contributed by atoms with Crippen LogP contribution in [0.1, 0.15) is 0 Å². The van der Waals surface area contributed by atoms with Gasteiger partial charge in [-0.1, -0.05) is 12.1 Å². The van der Waals surface area contributed by atoms with Crippen molar-refractivity contribution in [1.29, 1.82) is 0 Å². The molecule has 0 aliphatic rings. The molecule has 0 radical (unpaired) electrons. The summed E-state index contributed by atoms with van der Waals surface area (Å²) in [7, 11) is -3.49. The highest BCUT2D eigenvalue weighted by Crippen LogP contribution is 2.20.